The molecular formula is C14H20N2O3S. The summed E-state index contributed by atoms with van der Waals surface area (Å²) in [7, 11) is -3.48. The lowest BCUT2D eigenvalue weighted by molar-refractivity contribution is 0.129. The van der Waals surface area contributed by atoms with Crippen molar-refractivity contribution in [2.24, 2.45) is 11.8 Å². The zero-order chi connectivity index (χ0) is 14.5. The minimum atomic E-state index is -3.48. The summed E-state index contributed by atoms with van der Waals surface area (Å²) in [4.78, 5) is 0.290. The highest BCUT2D eigenvalue weighted by molar-refractivity contribution is 7.89. The third kappa shape index (κ3) is 2.12. The largest absolute Gasteiger partial charge is 0.399 e. The Bertz CT molecular complexity index is 629. The first-order valence-electron chi connectivity index (χ1n) is 6.94. The van der Waals surface area contributed by atoms with Crippen LogP contribution in [0, 0.1) is 18.8 Å². The van der Waals surface area contributed by atoms with Crippen LogP contribution in [0.1, 0.15) is 18.4 Å². The van der Waals surface area contributed by atoms with E-state index in [4.69, 9.17) is 5.73 Å². The molecule has 3 atom stereocenters. The smallest absolute Gasteiger partial charge is 0.243 e. The topological polar surface area (TPSA) is 83.6 Å². The number of fused-ring (bicyclic) bond motifs is 1. The van der Waals surface area contributed by atoms with E-state index in [-0.39, 0.29) is 12.0 Å². The average molecular weight is 296 g/mol. The predicted molar refractivity (Wildman–Crippen MR) is 76.6 cm³/mol. The molecule has 2 fully saturated rings. The van der Waals surface area contributed by atoms with Crippen molar-refractivity contribution in [1.82, 2.24) is 4.31 Å². The minimum absolute atomic E-state index is 0.0969. The number of nitrogen functional groups attached to an aromatic ring is 1. The second-order valence-corrected chi connectivity index (χ2v) is 7.85. The van der Waals surface area contributed by atoms with E-state index >= 15 is 0 Å². The van der Waals surface area contributed by atoms with E-state index in [1.807, 2.05) is 0 Å². The van der Waals surface area contributed by atoms with Crippen LogP contribution in [-0.4, -0.2) is 37.0 Å². The van der Waals surface area contributed by atoms with Gasteiger partial charge in [0.1, 0.15) is 0 Å². The molecular weight excluding hydrogens is 276 g/mol. The van der Waals surface area contributed by atoms with Gasteiger partial charge < -0.3 is 10.8 Å². The normalized spacial score (nSPS) is 30.6. The van der Waals surface area contributed by atoms with Gasteiger partial charge >= 0.3 is 0 Å². The summed E-state index contributed by atoms with van der Waals surface area (Å²) in [6, 6.07) is 4.81. The monoisotopic (exact) mass is 296 g/mol. The van der Waals surface area contributed by atoms with Gasteiger partial charge in [-0.3, -0.25) is 0 Å². The second-order valence-electron chi connectivity index (χ2n) is 5.91. The summed E-state index contributed by atoms with van der Waals surface area (Å²) < 4.78 is 26.8. The van der Waals surface area contributed by atoms with E-state index in [1.54, 1.807) is 25.1 Å². The lowest BCUT2D eigenvalue weighted by Crippen LogP contribution is -2.31. The number of aliphatic hydroxyl groups excluding tert-OH is 1. The van der Waals surface area contributed by atoms with Crippen molar-refractivity contribution in [3.05, 3.63) is 23.8 Å². The van der Waals surface area contributed by atoms with Crippen LogP contribution in [0.2, 0.25) is 0 Å². The number of rotatable bonds is 2. The average Bonchev–Trinajstić information content (AvgIpc) is 2.96. The summed E-state index contributed by atoms with van der Waals surface area (Å²) in [6.45, 7) is 2.75. The van der Waals surface area contributed by atoms with Crippen molar-refractivity contribution in [1.29, 1.82) is 0 Å². The predicted octanol–water partition coefficient (Wildman–Crippen LogP) is 0.969. The van der Waals surface area contributed by atoms with Gasteiger partial charge in [0.05, 0.1) is 11.0 Å². The Morgan fingerprint density at radius 1 is 1.30 bits per heavy atom. The Labute approximate surface area is 119 Å². The van der Waals surface area contributed by atoms with Crippen molar-refractivity contribution >= 4 is 15.7 Å². The molecule has 110 valence electrons. The molecule has 0 aromatic heterocycles. The number of aryl methyl sites for hydroxylation is 1. The fourth-order valence-corrected chi connectivity index (χ4v) is 4.97. The van der Waals surface area contributed by atoms with Gasteiger partial charge in [-0.25, -0.2) is 8.42 Å². The van der Waals surface area contributed by atoms with E-state index in [0.29, 0.717) is 29.6 Å². The van der Waals surface area contributed by atoms with Crippen LogP contribution < -0.4 is 5.73 Å². The Hall–Kier alpha value is -1.11. The summed E-state index contributed by atoms with van der Waals surface area (Å²) in [6.07, 6.45) is 1.36. The van der Waals surface area contributed by atoms with E-state index in [2.05, 4.69) is 0 Å². The SMILES string of the molecule is Cc1cc(S(=O)(=O)N2CC3CCC(O)C3C2)ccc1N. The molecule has 0 amide bonds. The highest BCUT2D eigenvalue weighted by Gasteiger charge is 2.45. The molecule has 2 aliphatic rings. The van der Waals surface area contributed by atoms with Crippen LogP contribution in [0.5, 0.6) is 0 Å². The van der Waals surface area contributed by atoms with Crippen LogP contribution in [0.4, 0.5) is 5.69 Å². The maximum atomic E-state index is 12.6. The molecule has 6 heteroatoms. The van der Waals surface area contributed by atoms with Gasteiger partial charge in [-0.15, -0.1) is 0 Å². The Morgan fingerprint density at radius 3 is 2.70 bits per heavy atom. The molecule has 3 rings (SSSR count). The molecule has 0 radical (unpaired) electrons. The van der Waals surface area contributed by atoms with Crippen molar-refractivity contribution in [3.63, 3.8) is 0 Å². The molecule has 1 saturated heterocycles. The first-order valence-corrected chi connectivity index (χ1v) is 8.38. The maximum Gasteiger partial charge on any atom is 0.243 e. The number of benzene rings is 1. The Morgan fingerprint density at radius 2 is 2.05 bits per heavy atom. The first kappa shape index (κ1) is 13.9. The van der Waals surface area contributed by atoms with Crippen molar-refractivity contribution < 1.29 is 13.5 Å². The van der Waals surface area contributed by atoms with Crippen LogP contribution in [-0.2, 0) is 10.0 Å². The van der Waals surface area contributed by atoms with Gasteiger partial charge in [-0.05, 0) is 49.4 Å². The van der Waals surface area contributed by atoms with E-state index in [0.717, 1.165) is 18.4 Å². The highest BCUT2D eigenvalue weighted by atomic mass is 32.2. The summed E-state index contributed by atoms with van der Waals surface area (Å²) >= 11 is 0. The molecule has 0 bridgehead atoms. The number of anilines is 1. The van der Waals surface area contributed by atoms with Crippen LogP contribution in [0.15, 0.2) is 23.1 Å². The summed E-state index contributed by atoms with van der Waals surface area (Å²) in [5.41, 5.74) is 7.10. The Balaban J connectivity index is 1.88. The molecule has 1 aromatic rings. The number of sulfonamides is 1. The molecule has 1 saturated carbocycles. The van der Waals surface area contributed by atoms with Crippen LogP contribution in [0.25, 0.3) is 0 Å². The van der Waals surface area contributed by atoms with Gasteiger partial charge in [0.25, 0.3) is 0 Å². The molecule has 3 unspecified atom stereocenters. The number of hydrogen-bond donors (Lipinski definition) is 2. The van der Waals surface area contributed by atoms with Gasteiger partial charge in [-0.2, -0.15) is 4.31 Å². The van der Waals surface area contributed by atoms with Gasteiger partial charge in [0.2, 0.25) is 10.0 Å². The van der Waals surface area contributed by atoms with Crippen LogP contribution in [0.3, 0.4) is 0 Å². The third-order valence-electron chi connectivity index (χ3n) is 4.66. The molecule has 1 aliphatic carbocycles. The number of aliphatic hydroxyl groups is 1. The van der Waals surface area contributed by atoms with Crippen molar-refractivity contribution in [2.75, 3.05) is 18.8 Å². The molecule has 0 spiro atoms. The summed E-state index contributed by atoms with van der Waals surface area (Å²) in [5.74, 6) is 0.398. The van der Waals surface area contributed by atoms with Gasteiger partial charge in [-0.1, -0.05) is 0 Å². The van der Waals surface area contributed by atoms with Gasteiger partial charge in [0, 0.05) is 24.7 Å². The fourth-order valence-electron chi connectivity index (χ4n) is 3.35. The zero-order valence-electron chi connectivity index (χ0n) is 11.5. The van der Waals surface area contributed by atoms with Crippen molar-refractivity contribution in [2.45, 2.75) is 30.8 Å². The number of hydrogen-bond acceptors (Lipinski definition) is 4. The molecule has 1 aromatic carbocycles. The lowest BCUT2D eigenvalue weighted by Gasteiger charge is -2.18. The standard InChI is InChI=1S/C14H20N2O3S/c1-9-6-11(3-4-13(9)15)20(18,19)16-7-10-2-5-14(17)12(10)8-16/h3-4,6,10,12,14,17H,2,5,7-8,15H2,1H3. The maximum absolute atomic E-state index is 12.6. The fraction of sp³-hybridized carbons (Fsp3) is 0.571. The molecule has 3 N–H and O–H groups in total. The molecule has 5 nitrogen and oxygen atoms in total. The van der Waals surface area contributed by atoms with Crippen LogP contribution >= 0.6 is 0 Å². The summed E-state index contributed by atoms with van der Waals surface area (Å²) in [5, 5.41) is 9.90. The molecule has 1 aliphatic heterocycles. The molecule has 20 heavy (non-hydrogen) atoms. The zero-order valence-corrected chi connectivity index (χ0v) is 12.3. The first-order chi connectivity index (χ1) is 9.39. The third-order valence-corrected chi connectivity index (χ3v) is 6.49. The minimum Gasteiger partial charge on any atom is -0.399 e. The quantitative estimate of drug-likeness (QED) is 0.797. The molecule has 1 heterocycles. The van der Waals surface area contributed by atoms with E-state index in [1.165, 1.54) is 4.31 Å². The van der Waals surface area contributed by atoms with E-state index in [9.17, 15) is 13.5 Å². The van der Waals surface area contributed by atoms with Crippen molar-refractivity contribution in [3.8, 4) is 0 Å². The van der Waals surface area contributed by atoms with Gasteiger partial charge in [0.15, 0.2) is 0 Å². The lowest BCUT2D eigenvalue weighted by atomic mass is 10.00. The van der Waals surface area contributed by atoms with E-state index < -0.39 is 10.0 Å². The Kier molecular flexibility index (Phi) is 3.27. The highest BCUT2D eigenvalue weighted by Crippen LogP contribution is 2.40. The number of nitrogens with two attached hydrogens (primary N) is 1. The number of nitrogens with zero attached hydrogens (tertiary/aromatic N) is 1. The second kappa shape index (κ2) is 4.72.